The summed E-state index contributed by atoms with van der Waals surface area (Å²) < 4.78 is 0. The van der Waals surface area contributed by atoms with Crippen molar-refractivity contribution in [2.75, 3.05) is 19.6 Å². The average molecular weight is 299 g/mol. The summed E-state index contributed by atoms with van der Waals surface area (Å²) in [5, 5.41) is 12.2. The molecule has 0 saturated carbocycles. The maximum Gasteiger partial charge on any atom is 0.323 e. The summed E-state index contributed by atoms with van der Waals surface area (Å²) in [6.45, 7) is 4.43. The maximum absolute atomic E-state index is 12.2. The Bertz CT molecular complexity index is 407. The number of hydrogen-bond donors (Lipinski definition) is 3. The van der Waals surface area contributed by atoms with Crippen LogP contribution in [-0.4, -0.2) is 53.0 Å². The van der Waals surface area contributed by atoms with E-state index >= 15 is 0 Å². The number of rotatable bonds is 7. The van der Waals surface area contributed by atoms with E-state index in [2.05, 4.69) is 5.32 Å². The van der Waals surface area contributed by atoms with E-state index in [0.717, 1.165) is 6.42 Å². The van der Waals surface area contributed by atoms with Gasteiger partial charge in [-0.2, -0.15) is 0 Å². The number of amides is 2. The zero-order chi connectivity index (χ0) is 16.0. The van der Waals surface area contributed by atoms with Crippen LogP contribution < -0.4 is 11.1 Å². The molecule has 0 radical (unpaired) electrons. The fourth-order valence-electron chi connectivity index (χ4n) is 2.67. The van der Waals surface area contributed by atoms with Crippen molar-refractivity contribution in [2.24, 2.45) is 11.7 Å². The normalized spacial score (nSPS) is 19.3. The third kappa shape index (κ3) is 4.17. The number of aliphatic carboxylic acids is 1. The predicted octanol–water partition coefficient (Wildman–Crippen LogP) is -0.0567. The molecule has 1 unspecified atom stereocenters. The molecule has 0 spiro atoms. The van der Waals surface area contributed by atoms with Gasteiger partial charge in [-0.3, -0.25) is 19.7 Å². The highest BCUT2D eigenvalue weighted by atomic mass is 16.4. The summed E-state index contributed by atoms with van der Waals surface area (Å²) in [4.78, 5) is 36.4. The molecule has 21 heavy (non-hydrogen) atoms. The second-order valence-electron chi connectivity index (χ2n) is 5.53. The first kappa shape index (κ1) is 17.4. The SMILES string of the molecule is CCC(CC)(NCC(=O)N1CCCC(C(N)=O)C1)C(=O)O. The molecule has 1 heterocycles. The standard InChI is InChI=1S/C14H25N3O4/c1-3-14(4-2,13(20)21)16-8-11(18)17-7-5-6-10(9-17)12(15)19/h10,16H,3-9H2,1-2H3,(H2,15,19)(H,20,21). The average Bonchev–Trinajstić information content (AvgIpc) is 2.48. The summed E-state index contributed by atoms with van der Waals surface area (Å²) in [5.41, 5.74) is 4.21. The van der Waals surface area contributed by atoms with Crippen molar-refractivity contribution in [3.05, 3.63) is 0 Å². The predicted molar refractivity (Wildman–Crippen MR) is 77.4 cm³/mol. The number of hydrogen-bond acceptors (Lipinski definition) is 4. The van der Waals surface area contributed by atoms with Gasteiger partial charge in [-0.25, -0.2) is 0 Å². The van der Waals surface area contributed by atoms with Crippen LogP contribution in [0.3, 0.4) is 0 Å². The van der Waals surface area contributed by atoms with E-state index in [9.17, 15) is 19.5 Å². The Morgan fingerprint density at radius 3 is 2.43 bits per heavy atom. The van der Waals surface area contributed by atoms with Crippen LogP contribution >= 0.6 is 0 Å². The summed E-state index contributed by atoms with van der Waals surface area (Å²) in [6.07, 6.45) is 2.24. The lowest BCUT2D eigenvalue weighted by atomic mass is 9.93. The van der Waals surface area contributed by atoms with Crippen LogP contribution in [-0.2, 0) is 14.4 Å². The van der Waals surface area contributed by atoms with Crippen LogP contribution in [0.2, 0.25) is 0 Å². The highest BCUT2D eigenvalue weighted by Gasteiger charge is 2.35. The lowest BCUT2D eigenvalue weighted by Gasteiger charge is -2.33. The molecule has 0 aliphatic carbocycles. The summed E-state index contributed by atoms with van der Waals surface area (Å²) in [6, 6.07) is 0. The zero-order valence-electron chi connectivity index (χ0n) is 12.7. The Morgan fingerprint density at radius 2 is 1.95 bits per heavy atom. The van der Waals surface area contributed by atoms with Gasteiger partial charge >= 0.3 is 5.97 Å². The Kier molecular flexibility index (Phi) is 6.14. The first-order valence-electron chi connectivity index (χ1n) is 7.41. The molecule has 1 aliphatic heterocycles. The fraction of sp³-hybridized carbons (Fsp3) is 0.786. The van der Waals surface area contributed by atoms with Crippen molar-refractivity contribution >= 4 is 17.8 Å². The van der Waals surface area contributed by atoms with Gasteiger partial charge < -0.3 is 15.7 Å². The molecule has 0 aromatic heterocycles. The molecule has 2 amide bonds. The number of carboxylic acid groups (broad SMARTS) is 1. The highest BCUT2D eigenvalue weighted by molar-refractivity contribution is 5.83. The molecule has 1 fully saturated rings. The Morgan fingerprint density at radius 1 is 1.33 bits per heavy atom. The summed E-state index contributed by atoms with van der Waals surface area (Å²) in [5.74, 6) is -1.82. The second kappa shape index (κ2) is 7.40. The van der Waals surface area contributed by atoms with E-state index in [1.165, 1.54) is 0 Å². The molecular formula is C14H25N3O4. The van der Waals surface area contributed by atoms with E-state index in [4.69, 9.17) is 5.73 Å². The third-order valence-corrected chi connectivity index (χ3v) is 4.37. The quantitative estimate of drug-likeness (QED) is 0.610. The van der Waals surface area contributed by atoms with Crippen molar-refractivity contribution in [3.8, 4) is 0 Å². The molecule has 1 saturated heterocycles. The summed E-state index contributed by atoms with van der Waals surface area (Å²) in [7, 11) is 0. The number of carbonyl (C=O) groups is 3. The minimum atomic E-state index is -1.07. The number of likely N-dealkylation sites (tertiary alicyclic amines) is 1. The van der Waals surface area contributed by atoms with Gasteiger partial charge in [0.25, 0.3) is 0 Å². The van der Waals surface area contributed by atoms with E-state index in [-0.39, 0.29) is 24.3 Å². The van der Waals surface area contributed by atoms with E-state index in [0.29, 0.717) is 32.4 Å². The Labute approximate surface area is 124 Å². The molecule has 7 heteroatoms. The first-order valence-corrected chi connectivity index (χ1v) is 7.41. The van der Waals surface area contributed by atoms with Gasteiger partial charge in [0, 0.05) is 13.1 Å². The van der Waals surface area contributed by atoms with Gasteiger partial charge in [0.2, 0.25) is 11.8 Å². The van der Waals surface area contributed by atoms with Crippen LogP contribution in [0.25, 0.3) is 0 Å². The Hall–Kier alpha value is -1.63. The number of nitrogens with one attached hydrogen (secondary N) is 1. The van der Waals surface area contributed by atoms with Crippen molar-refractivity contribution in [2.45, 2.75) is 45.1 Å². The number of carboxylic acids is 1. The molecule has 1 aliphatic rings. The molecule has 1 atom stereocenters. The van der Waals surface area contributed by atoms with Crippen LogP contribution in [0, 0.1) is 5.92 Å². The number of piperidine rings is 1. The third-order valence-electron chi connectivity index (χ3n) is 4.37. The van der Waals surface area contributed by atoms with Crippen molar-refractivity contribution in [3.63, 3.8) is 0 Å². The van der Waals surface area contributed by atoms with Crippen LogP contribution in [0.4, 0.5) is 0 Å². The lowest BCUT2D eigenvalue weighted by Crippen LogP contribution is -2.55. The minimum absolute atomic E-state index is 0.0422. The lowest BCUT2D eigenvalue weighted by molar-refractivity contribution is -0.145. The second-order valence-corrected chi connectivity index (χ2v) is 5.53. The van der Waals surface area contributed by atoms with Crippen molar-refractivity contribution < 1.29 is 19.5 Å². The smallest absolute Gasteiger partial charge is 0.323 e. The number of primary amides is 1. The van der Waals surface area contributed by atoms with E-state index in [1.807, 2.05) is 0 Å². The largest absolute Gasteiger partial charge is 0.480 e. The summed E-state index contributed by atoms with van der Waals surface area (Å²) >= 11 is 0. The molecule has 0 aromatic rings. The van der Waals surface area contributed by atoms with E-state index < -0.39 is 11.5 Å². The molecule has 0 bridgehead atoms. The zero-order valence-corrected chi connectivity index (χ0v) is 12.7. The number of nitrogens with zero attached hydrogens (tertiary/aromatic N) is 1. The topological polar surface area (TPSA) is 113 Å². The molecule has 7 nitrogen and oxygen atoms in total. The number of nitrogens with two attached hydrogens (primary N) is 1. The van der Waals surface area contributed by atoms with Gasteiger partial charge in [0.05, 0.1) is 12.5 Å². The molecule has 1 rings (SSSR count). The van der Waals surface area contributed by atoms with Crippen LogP contribution in [0.1, 0.15) is 39.5 Å². The molecular weight excluding hydrogens is 274 g/mol. The monoisotopic (exact) mass is 299 g/mol. The van der Waals surface area contributed by atoms with Crippen molar-refractivity contribution in [1.29, 1.82) is 0 Å². The Balaban J connectivity index is 2.60. The van der Waals surface area contributed by atoms with Gasteiger partial charge in [-0.15, -0.1) is 0 Å². The van der Waals surface area contributed by atoms with E-state index in [1.54, 1.807) is 18.7 Å². The fourth-order valence-corrected chi connectivity index (χ4v) is 2.67. The molecule has 0 aromatic carbocycles. The maximum atomic E-state index is 12.2. The number of carbonyl (C=O) groups excluding carboxylic acids is 2. The highest BCUT2D eigenvalue weighted by Crippen LogP contribution is 2.18. The molecule has 120 valence electrons. The first-order chi connectivity index (χ1) is 9.86. The minimum Gasteiger partial charge on any atom is -0.480 e. The van der Waals surface area contributed by atoms with Crippen LogP contribution in [0.15, 0.2) is 0 Å². The van der Waals surface area contributed by atoms with Gasteiger partial charge in [-0.1, -0.05) is 13.8 Å². The van der Waals surface area contributed by atoms with Crippen molar-refractivity contribution in [1.82, 2.24) is 10.2 Å². The van der Waals surface area contributed by atoms with Gasteiger partial charge in [0.15, 0.2) is 0 Å². The molecule has 4 N–H and O–H groups in total. The van der Waals surface area contributed by atoms with Crippen LogP contribution in [0.5, 0.6) is 0 Å². The van der Waals surface area contributed by atoms with Gasteiger partial charge in [0.1, 0.15) is 5.54 Å². The van der Waals surface area contributed by atoms with Gasteiger partial charge in [-0.05, 0) is 25.7 Å².